The van der Waals surface area contributed by atoms with Gasteiger partial charge in [-0.1, -0.05) is 24.3 Å². The molecule has 1 unspecified atom stereocenters. The Labute approximate surface area is 194 Å². The van der Waals surface area contributed by atoms with Gasteiger partial charge in [-0.25, -0.2) is 0 Å². The minimum atomic E-state index is -0.833. The fraction of sp³-hybridized carbons (Fsp3) is 0.385. The summed E-state index contributed by atoms with van der Waals surface area (Å²) in [7, 11) is 3.04. The van der Waals surface area contributed by atoms with Crippen LogP contribution < -0.4 is 9.47 Å². The van der Waals surface area contributed by atoms with Crippen LogP contribution in [0.1, 0.15) is 42.1 Å². The van der Waals surface area contributed by atoms with Gasteiger partial charge in [-0.2, -0.15) is 0 Å². The van der Waals surface area contributed by atoms with E-state index in [1.165, 1.54) is 19.1 Å². The summed E-state index contributed by atoms with van der Waals surface area (Å²) in [6, 6.07) is 10.1. The maximum absolute atomic E-state index is 13.2. The van der Waals surface area contributed by atoms with Crippen LogP contribution in [0.3, 0.4) is 0 Å². The highest BCUT2D eigenvalue weighted by atomic mass is 16.5. The number of para-hydroxylation sites is 1. The molecule has 1 atom stereocenters. The number of hydrogen-bond donors (Lipinski definition) is 1. The SMILES string of the molecule is COCCN1C(=O)C(=O)/C(=C(/O)c2cc(C)cc(C)c2OC)C1c1ccccc1OC(C)C. The van der Waals surface area contributed by atoms with Gasteiger partial charge in [0, 0.05) is 19.2 Å². The number of hydrogen-bond acceptors (Lipinski definition) is 6. The molecule has 1 aliphatic rings. The quantitative estimate of drug-likeness (QED) is 0.367. The number of amides is 1. The van der Waals surface area contributed by atoms with Gasteiger partial charge in [0.05, 0.1) is 37.0 Å². The Morgan fingerprint density at radius 2 is 1.82 bits per heavy atom. The topological polar surface area (TPSA) is 85.3 Å². The van der Waals surface area contributed by atoms with Crippen molar-refractivity contribution in [2.24, 2.45) is 0 Å². The van der Waals surface area contributed by atoms with E-state index in [1.54, 1.807) is 18.2 Å². The Balaban J connectivity index is 2.30. The summed E-state index contributed by atoms with van der Waals surface area (Å²) in [5, 5.41) is 11.4. The molecule has 0 radical (unpaired) electrons. The number of carbonyl (C=O) groups is 2. The minimum Gasteiger partial charge on any atom is -0.507 e. The van der Waals surface area contributed by atoms with Crippen LogP contribution in [0.2, 0.25) is 0 Å². The second-order valence-electron chi connectivity index (χ2n) is 8.35. The number of methoxy groups -OCH3 is 2. The first-order valence-electron chi connectivity index (χ1n) is 10.9. The van der Waals surface area contributed by atoms with Gasteiger partial charge in [-0.3, -0.25) is 9.59 Å². The molecule has 0 aliphatic carbocycles. The van der Waals surface area contributed by atoms with Crippen molar-refractivity contribution in [2.45, 2.75) is 39.8 Å². The molecular weight excluding hydrogens is 422 g/mol. The van der Waals surface area contributed by atoms with Crippen LogP contribution in [0.5, 0.6) is 11.5 Å². The van der Waals surface area contributed by atoms with Crippen molar-refractivity contribution in [2.75, 3.05) is 27.4 Å². The zero-order valence-electron chi connectivity index (χ0n) is 20.0. The molecule has 0 spiro atoms. The van der Waals surface area contributed by atoms with E-state index in [0.29, 0.717) is 22.6 Å². The average Bonchev–Trinajstić information content (AvgIpc) is 3.01. The Kier molecular flexibility index (Phi) is 7.43. The van der Waals surface area contributed by atoms with Crippen LogP contribution in [-0.4, -0.2) is 55.2 Å². The zero-order valence-corrected chi connectivity index (χ0v) is 20.0. The highest BCUT2D eigenvalue weighted by Crippen LogP contribution is 2.44. The number of Topliss-reactive ketones (excluding diaryl/α,β-unsaturated/α-hetero) is 1. The van der Waals surface area contributed by atoms with Crippen molar-refractivity contribution < 1.29 is 28.9 Å². The number of ether oxygens (including phenoxy) is 3. The van der Waals surface area contributed by atoms with E-state index in [0.717, 1.165) is 11.1 Å². The number of aliphatic hydroxyl groups excluding tert-OH is 1. The van der Waals surface area contributed by atoms with Crippen molar-refractivity contribution >= 4 is 17.4 Å². The summed E-state index contributed by atoms with van der Waals surface area (Å²) < 4.78 is 16.7. The predicted molar refractivity (Wildman–Crippen MR) is 126 cm³/mol. The fourth-order valence-corrected chi connectivity index (χ4v) is 4.24. The summed E-state index contributed by atoms with van der Waals surface area (Å²) in [5.74, 6) is -0.733. The number of rotatable bonds is 8. The number of aryl methyl sites for hydroxylation is 2. The third-order valence-electron chi connectivity index (χ3n) is 5.53. The Hall–Kier alpha value is -3.32. The van der Waals surface area contributed by atoms with E-state index < -0.39 is 17.7 Å². The van der Waals surface area contributed by atoms with Gasteiger partial charge in [0.1, 0.15) is 17.3 Å². The number of aliphatic hydroxyl groups is 1. The van der Waals surface area contributed by atoms with Gasteiger partial charge in [0.15, 0.2) is 0 Å². The van der Waals surface area contributed by atoms with Crippen LogP contribution in [0.15, 0.2) is 42.0 Å². The van der Waals surface area contributed by atoms with Gasteiger partial charge in [-0.05, 0) is 51.0 Å². The fourth-order valence-electron chi connectivity index (χ4n) is 4.24. The van der Waals surface area contributed by atoms with Crippen molar-refractivity contribution in [3.05, 3.63) is 64.2 Å². The summed E-state index contributed by atoms with van der Waals surface area (Å²) >= 11 is 0. The van der Waals surface area contributed by atoms with E-state index in [-0.39, 0.29) is 30.6 Å². The highest BCUT2D eigenvalue weighted by molar-refractivity contribution is 6.46. The molecule has 7 heteroatoms. The first kappa shape index (κ1) is 24.3. The number of likely N-dealkylation sites (tertiary alicyclic amines) is 1. The summed E-state index contributed by atoms with van der Waals surface area (Å²) in [5.41, 5.74) is 2.69. The summed E-state index contributed by atoms with van der Waals surface area (Å²) in [4.78, 5) is 27.7. The lowest BCUT2D eigenvalue weighted by Crippen LogP contribution is -2.33. The van der Waals surface area contributed by atoms with E-state index in [1.807, 2.05) is 45.9 Å². The molecule has 2 aromatic rings. The Morgan fingerprint density at radius 1 is 1.12 bits per heavy atom. The summed E-state index contributed by atoms with van der Waals surface area (Å²) in [6.07, 6.45) is -0.119. The average molecular weight is 454 g/mol. The molecular formula is C26H31NO6. The number of benzene rings is 2. The third kappa shape index (κ3) is 4.73. The molecule has 176 valence electrons. The lowest BCUT2D eigenvalue weighted by molar-refractivity contribution is -0.140. The molecule has 2 aromatic carbocycles. The molecule has 0 saturated carbocycles. The Morgan fingerprint density at radius 3 is 2.45 bits per heavy atom. The van der Waals surface area contributed by atoms with Crippen LogP contribution >= 0.6 is 0 Å². The van der Waals surface area contributed by atoms with Crippen LogP contribution in [0.25, 0.3) is 5.76 Å². The van der Waals surface area contributed by atoms with Gasteiger partial charge >= 0.3 is 0 Å². The molecule has 0 aromatic heterocycles. The monoisotopic (exact) mass is 453 g/mol. The molecule has 1 heterocycles. The molecule has 1 fully saturated rings. The smallest absolute Gasteiger partial charge is 0.295 e. The van der Waals surface area contributed by atoms with Gasteiger partial charge in [0.2, 0.25) is 0 Å². The number of nitrogens with zero attached hydrogens (tertiary/aromatic N) is 1. The van der Waals surface area contributed by atoms with E-state index in [9.17, 15) is 14.7 Å². The highest BCUT2D eigenvalue weighted by Gasteiger charge is 2.47. The Bertz CT molecular complexity index is 1090. The molecule has 1 N–H and O–H groups in total. The second kappa shape index (κ2) is 10.1. The van der Waals surface area contributed by atoms with Gasteiger partial charge < -0.3 is 24.2 Å². The molecule has 1 amide bonds. The van der Waals surface area contributed by atoms with E-state index >= 15 is 0 Å². The largest absolute Gasteiger partial charge is 0.507 e. The molecule has 1 aliphatic heterocycles. The van der Waals surface area contributed by atoms with E-state index in [4.69, 9.17) is 14.2 Å². The number of carbonyl (C=O) groups excluding carboxylic acids is 2. The molecule has 1 saturated heterocycles. The summed E-state index contributed by atoms with van der Waals surface area (Å²) in [6.45, 7) is 7.98. The van der Waals surface area contributed by atoms with Gasteiger partial charge in [0.25, 0.3) is 11.7 Å². The van der Waals surface area contributed by atoms with Crippen molar-refractivity contribution in [1.29, 1.82) is 0 Å². The second-order valence-corrected chi connectivity index (χ2v) is 8.35. The maximum Gasteiger partial charge on any atom is 0.295 e. The van der Waals surface area contributed by atoms with Crippen LogP contribution in [-0.2, 0) is 14.3 Å². The lowest BCUT2D eigenvalue weighted by atomic mass is 9.93. The van der Waals surface area contributed by atoms with Crippen LogP contribution in [0.4, 0.5) is 0 Å². The van der Waals surface area contributed by atoms with Crippen molar-refractivity contribution in [1.82, 2.24) is 4.90 Å². The normalized spacial score (nSPS) is 17.7. The standard InChI is InChI=1S/C26H31NO6/c1-15(2)33-20-10-8-7-9-18(20)22-21(24(29)26(30)27(22)11-12-31-5)23(28)19-14-16(3)13-17(4)25(19)32-6/h7-10,13-15,22,28H,11-12H2,1-6H3/b23-21+. The predicted octanol–water partition coefficient (Wildman–Crippen LogP) is 4.17. The molecule has 3 rings (SSSR count). The van der Waals surface area contributed by atoms with Gasteiger partial charge in [-0.15, -0.1) is 0 Å². The van der Waals surface area contributed by atoms with Crippen molar-refractivity contribution in [3.63, 3.8) is 0 Å². The molecule has 7 nitrogen and oxygen atoms in total. The maximum atomic E-state index is 13.2. The number of ketones is 1. The first-order chi connectivity index (χ1) is 15.7. The molecule has 0 bridgehead atoms. The molecule has 33 heavy (non-hydrogen) atoms. The zero-order chi connectivity index (χ0) is 24.3. The van der Waals surface area contributed by atoms with Crippen LogP contribution in [0, 0.1) is 13.8 Å². The van der Waals surface area contributed by atoms with E-state index in [2.05, 4.69) is 0 Å². The van der Waals surface area contributed by atoms with Crippen molar-refractivity contribution in [3.8, 4) is 11.5 Å². The lowest BCUT2D eigenvalue weighted by Gasteiger charge is -2.27. The third-order valence-corrected chi connectivity index (χ3v) is 5.53. The minimum absolute atomic E-state index is 0.000732. The first-order valence-corrected chi connectivity index (χ1v) is 10.9.